The van der Waals surface area contributed by atoms with Gasteiger partial charge in [0.25, 0.3) is 0 Å². The first-order chi connectivity index (χ1) is 9.10. The Kier molecular flexibility index (Phi) is 3.90. The second kappa shape index (κ2) is 5.61. The van der Waals surface area contributed by atoms with E-state index in [4.69, 9.17) is 10.5 Å². The van der Waals surface area contributed by atoms with Crippen LogP contribution in [0, 0.1) is 12.7 Å². The summed E-state index contributed by atoms with van der Waals surface area (Å²) in [4.78, 5) is 0. The van der Waals surface area contributed by atoms with Crippen LogP contribution in [0.5, 0.6) is 5.75 Å². The average molecular weight is 260 g/mol. The van der Waals surface area contributed by atoms with Crippen molar-refractivity contribution in [3.63, 3.8) is 0 Å². The fraction of sp³-hybridized carbons (Fsp3) is 0.200. The number of aryl methyl sites for hydroxylation is 1. The third-order valence-electron chi connectivity index (χ3n) is 2.92. The summed E-state index contributed by atoms with van der Waals surface area (Å²) in [5.74, 6) is 0.0817. The van der Waals surface area contributed by atoms with Gasteiger partial charge in [-0.2, -0.15) is 0 Å². The Morgan fingerprint density at radius 2 is 1.89 bits per heavy atom. The van der Waals surface area contributed by atoms with Crippen molar-refractivity contribution in [2.75, 3.05) is 18.2 Å². The highest BCUT2D eigenvalue weighted by atomic mass is 19.1. The lowest BCUT2D eigenvalue weighted by atomic mass is 10.1. The number of nitrogens with one attached hydrogen (secondary N) is 1. The van der Waals surface area contributed by atoms with Gasteiger partial charge in [-0.15, -0.1) is 0 Å². The summed E-state index contributed by atoms with van der Waals surface area (Å²) in [7, 11) is 1.51. The summed E-state index contributed by atoms with van der Waals surface area (Å²) in [6.07, 6.45) is 0. The number of nitrogen functional groups attached to an aromatic ring is 1. The van der Waals surface area contributed by atoms with Crippen molar-refractivity contribution in [1.82, 2.24) is 0 Å². The highest BCUT2D eigenvalue weighted by Gasteiger charge is 2.08. The minimum Gasteiger partial charge on any atom is -0.495 e. The Labute approximate surface area is 112 Å². The molecule has 0 aliphatic heterocycles. The Bertz CT molecular complexity index is 567. The number of halogens is 1. The maximum atomic E-state index is 13.7. The number of hydrogen-bond acceptors (Lipinski definition) is 3. The van der Waals surface area contributed by atoms with Gasteiger partial charge in [-0.05, 0) is 12.5 Å². The molecule has 0 atom stereocenters. The molecule has 0 radical (unpaired) electrons. The van der Waals surface area contributed by atoms with E-state index in [1.54, 1.807) is 6.07 Å². The van der Waals surface area contributed by atoms with Crippen molar-refractivity contribution < 1.29 is 9.13 Å². The maximum absolute atomic E-state index is 13.7. The molecule has 19 heavy (non-hydrogen) atoms. The molecule has 0 fully saturated rings. The fourth-order valence-corrected chi connectivity index (χ4v) is 1.78. The fourth-order valence-electron chi connectivity index (χ4n) is 1.78. The van der Waals surface area contributed by atoms with Crippen molar-refractivity contribution in [2.24, 2.45) is 0 Å². The van der Waals surface area contributed by atoms with E-state index < -0.39 is 0 Å². The number of ether oxygens (including phenoxy) is 1. The highest BCUT2D eigenvalue weighted by molar-refractivity contribution is 5.62. The van der Waals surface area contributed by atoms with Crippen LogP contribution in [0.15, 0.2) is 36.4 Å². The molecule has 2 aromatic rings. The minimum atomic E-state index is -0.384. The van der Waals surface area contributed by atoms with Crippen molar-refractivity contribution in [1.29, 1.82) is 0 Å². The van der Waals surface area contributed by atoms with Crippen molar-refractivity contribution in [3.8, 4) is 5.75 Å². The number of methoxy groups -OCH3 is 1. The number of hydrogen-bond donors (Lipinski definition) is 2. The molecule has 0 aromatic heterocycles. The predicted octanol–water partition coefficient (Wildman–Crippen LogP) is 3.34. The van der Waals surface area contributed by atoms with Gasteiger partial charge in [0.05, 0.1) is 18.5 Å². The molecule has 3 N–H and O–H groups in total. The first kappa shape index (κ1) is 13.2. The van der Waals surface area contributed by atoms with Gasteiger partial charge in [-0.3, -0.25) is 0 Å². The highest BCUT2D eigenvalue weighted by Crippen LogP contribution is 2.28. The molecule has 0 spiro atoms. The Hall–Kier alpha value is -2.23. The second-order valence-electron chi connectivity index (χ2n) is 4.41. The zero-order valence-corrected chi connectivity index (χ0v) is 11.0. The predicted molar refractivity (Wildman–Crippen MR) is 75.9 cm³/mol. The van der Waals surface area contributed by atoms with Crippen LogP contribution in [0.4, 0.5) is 15.8 Å². The zero-order valence-electron chi connectivity index (χ0n) is 11.0. The molecule has 0 aliphatic rings. The summed E-state index contributed by atoms with van der Waals surface area (Å²) < 4.78 is 18.8. The monoisotopic (exact) mass is 260 g/mol. The van der Waals surface area contributed by atoms with E-state index in [1.807, 2.05) is 31.2 Å². The lowest BCUT2D eigenvalue weighted by molar-refractivity contribution is 0.416. The van der Waals surface area contributed by atoms with Crippen LogP contribution < -0.4 is 15.8 Å². The quantitative estimate of drug-likeness (QED) is 0.829. The minimum absolute atomic E-state index is 0.292. The second-order valence-corrected chi connectivity index (χ2v) is 4.41. The molecule has 2 aromatic carbocycles. The Balaban J connectivity index is 2.13. The van der Waals surface area contributed by atoms with Crippen LogP contribution in [-0.4, -0.2) is 7.11 Å². The van der Waals surface area contributed by atoms with E-state index in [0.717, 1.165) is 5.56 Å². The smallest absolute Gasteiger partial charge is 0.148 e. The third-order valence-corrected chi connectivity index (χ3v) is 2.92. The molecular formula is C15H17FN2O. The van der Waals surface area contributed by atoms with Crippen LogP contribution >= 0.6 is 0 Å². The average Bonchev–Trinajstić information content (AvgIpc) is 2.40. The molecule has 0 aliphatic carbocycles. The van der Waals surface area contributed by atoms with Gasteiger partial charge in [0.15, 0.2) is 0 Å². The van der Waals surface area contributed by atoms with Crippen LogP contribution in [0.25, 0.3) is 0 Å². The van der Waals surface area contributed by atoms with Crippen LogP contribution in [0.2, 0.25) is 0 Å². The summed E-state index contributed by atoms with van der Waals surface area (Å²) in [5.41, 5.74) is 8.59. The molecule has 3 nitrogen and oxygen atoms in total. The lowest BCUT2D eigenvalue weighted by Crippen LogP contribution is -2.03. The van der Waals surface area contributed by atoms with Crippen molar-refractivity contribution in [2.45, 2.75) is 13.5 Å². The van der Waals surface area contributed by atoms with Gasteiger partial charge in [-0.1, -0.05) is 29.8 Å². The van der Waals surface area contributed by atoms with Crippen molar-refractivity contribution in [3.05, 3.63) is 53.3 Å². The van der Waals surface area contributed by atoms with Crippen LogP contribution in [-0.2, 0) is 6.54 Å². The largest absolute Gasteiger partial charge is 0.495 e. The lowest BCUT2D eigenvalue weighted by Gasteiger charge is -2.11. The SMILES string of the molecule is COc1cc(NCc2ccc(C)cc2)c(F)cc1N. The first-order valence-electron chi connectivity index (χ1n) is 6.02. The molecular weight excluding hydrogens is 243 g/mol. The molecule has 0 bridgehead atoms. The normalized spacial score (nSPS) is 10.3. The summed E-state index contributed by atoms with van der Waals surface area (Å²) >= 11 is 0. The molecule has 0 unspecified atom stereocenters. The molecule has 0 saturated carbocycles. The zero-order chi connectivity index (χ0) is 13.8. The van der Waals surface area contributed by atoms with Gasteiger partial charge in [-0.25, -0.2) is 4.39 Å². The Morgan fingerprint density at radius 1 is 1.21 bits per heavy atom. The summed E-state index contributed by atoms with van der Waals surface area (Å²) in [6, 6.07) is 10.9. The van der Waals surface area contributed by atoms with Gasteiger partial charge < -0.3 is 15.8 Å². The van der Waals surface area contributed by atoms with Gasteiger partial charge in [0.1, 0.15) is 11.6 Å². The van der Waals surface area contributed by atoms with E-state index in [-0.39, 0.29) is 5.82 Å². The number of benzene rings is 2. The van der Waals surface area contributed by atoms with E-state index in [0.29, 0.717) is 23.7 Å². The first-order valence-corrected chi connectivity index (χ1v) is 6.02. The van der Waals surface area contributed by atoms with Gasteiger partial charge in [0, 0.05) is 18.7 Å². The van der Waals surface area contributed by atoms with Crippen LogP contribution in [0.1, 0.15) is 11.1 Å². The van der Waals surface area contributed by atoms with E-state index in [9.17, 15) is 4.39 Å². The molecule has 0 saturated heterocycles. The van der Waals surface area contributed by atoms with E-state index in [1.165, 1.54) is 18.7 Å². The number of anilines is 2. The molecule has 4 heteroatoms. The number of nitrogens with two attached hydrogens (primary N) is 1. The molecule has 100 valence electrons. The standard InChI is InChI=1S/C15H17FN2O/c1-10-3-5-11(6-4-10)9-18-14-8-15(19-2)13(17)7-12(14)16/h3-8,18H,9,17H2,1-2H3. The number of rotatable bonds is 4. The summed E-state index contributed by atoms with van der Waals surface area (Å²) in [5, 5.41) is 3.04. The van der Waals surface area contributed by atoms with Crippen molar-refractivity contribution >= 4 is 11.4 Å². The van der Waals surface area contributed by atoms with Gasteiger partial charge in [0.2, 0.25) is 0 Å². The van der Waals surface area contributed by atoms with Gasteiger partial charge >= 0.3 is 0 Å². The van der Waals surface area contributed by atoms with E-state index >= 15 is 0 Å². The molecule has 0 amide bonds. The van der Waals surface area contributed by atoms with E-state index in [2.05, 4.69) is 5.32 Å². The molecule has 0 heterocycles. The summed E-state index contributed by atoms with van der Waals surface area (Å²) in [6.45, 7) is 2.58. The third kappa shape index (κ3) is 3.16. The maximum Gasteiger partial charge on any atom is 0.148 e. The Morgan fingerprint density at radius 3 is 2.53 bits per heavy atom. The van der Waals surface area contributed by atoms with Crippen LogP contribution in [0.3, 0.4) is 0 Å². The molecule has 2 rings (SSSR count). The topological polar surface area (TPSA) is 47.3 Å².